The van der Waals surface area contributed by atoms with Crippen LogP contribution in [-0.4, -0.2) is 24.5 Å². The lowest BCUT2D eigenvalue weighted by Crippen LogP contribution is -2.34. The number of hydrogen-bond acceptors (Lipinski definition) is 4. The fraction of sp³-hybridized carbons (Fsp3) is 0.833. The number of nitrogens with one attached hydrogen (secondary N) is 2. The Morgan fingerprint density at radius 3 is 2.73 bits per heavy atom. The van der Waals surface area contributed by atoms with Crippen LogP contribution in [0.25, 0.3) is 0 Å². The van der Waals surface area contributed by atoms with E-state index in [1.54, 1.807) is 28.6 Å². The first-order valence-corrected chi connectivity index (χ1v) is 6.00. The van der Waals surface area contributed by atoms with Crippen molar-refractivity contribution in [2.24, 2.45) is 0 Å². The van der Waals surface area contributed by atoms with Gasteiger partial charge in [0.15, 0.2) is 0 Å². The molecule has 3 nitrogen and oxygen atoms in total. The van der Waals surface area contributed by atoms with Crippen LogP contribution in [0.2, 0.25) is 0 Å². The van der Waals surface area contributed by atoms with Gasteiger partial charge in [-0.05, 0) is 0 Å². The summed E-state index contributed by atoms with van der Waals surface area (Å²) in [5, 5.41) is 0. The highest BCUT2D eigenvalue weighted by Gasteiger charge is 1.97. The van der Waals surface area contributed by atoms with Crippen molar-refractivity contribution < 1.29 is 4.79 Å². The summed E-state index contributed by atoms with van der Waals surface area (Å²) in [6, 6.07) is 0. The fourth-order valence-corrected chi connectivity index (χ4v) is 2.14. The topological polar surface area (TPSA) is 41.1 Å². The number of amides is 1. The largest absolute Gasteiger partial charge is 0.292 e. The Labute approximate surface area is 75.4 Å². The Morgan fingerprint density at radius 1 is 1.45 bits per heavy atom. The molecule has 0 spiro atoms. The van der Waals surface area contributed by atoms with E-state index in [2.05, 4.69) is 17.8 Å². The normalized spacial score (nSPS) is 9.64. The Balaban J connectivity index is 3.04. The maximum Gasteiger partial charge on any atom is 0.234 e. The second kappa shape index (κ2) is 8.23. The van der Waals surface area contributed by atoms with E-state index in [1.165, 1.54) is 0 Å². The van der Waals surface area contributed by atoms with Gasteiger partial charge in [0.25, 0.3) is 0 Å². The molecule has 0 saturated carbocycles. The molecule has 2 N–H and O–H groups in total. The molecule has 0 bridgehead atoms. The molecule has 0 aromatic heterocycles. The van der Waals surface area contributed by atoms with Gasteiger partial charge in [-0.15, -0.1) is 0 Å². The van der Waals surface area contributed by atoms with Crippen molar-refractivity contribution in [3.05, 3.63) is 0 Å². The summed E-state index contributed by atoms with van der Waals surface area (Å²) in [6.45, 7) is 2.10. The molecule has 0 rings (SSSR count). The molecule has 5 heteroatoms. The van der Waals surface area contributed by atoms with Crippen LogP contribution in [0.1, 0.15) is 13.3 Å². The van der Waals surface area contributed by atoms with E-state index in [-0.39, 0.29) is 5.91 Å². The third kappa shape index (κ3) is 8.03. The maximum atomic E-state index is 10.8. The van der Waals surface area contributed by atoms with Crippen molar-refractivity contribution >= 4 is 27.5 Å². The highest BCUT2D eigenvalue weighted by Crippen LogP contribution is 2.20. The molecule has 0 aromatic rings. The van der Waals surface area contributed by atoms with Crippen LogP contribution < -0.4 is 10.9 Å². The van der Waals surface area contributed by atoms with E-state index in [0.29, 0.717) is 6.42 Å². The zero-order chi connectivity index (χ0) is 8.53. The molecule has 0 aromatic carbocycles. The third-order valence-corrected chi connectivity index (χ3v) is 3.36. The SMILES string of the molecule is CCSSCCC(=O)NNC. The zero-order valence-corrected chi connectivity index (χ0v) is 8.48. The van der Waals surface area contributed by atoms with Crippen LogP contribution in [-0.2, 0) is 4.79 Å². The van der Waals surface area contributed by atoms with Gasteiger partial charge in [0.05, 0.1) is 0 Å². The molecule has 0 heterocycles. The van der Waals surface area contributed by atoms with Crippen molar-refractivity contribution in [2.45, 2.75) is 13.3 Å². The van der Waals surface area contributed by atoms with Crippen LogP contribution in [0.3, 0.4) is 0 Å². The minimum absolute atomic E-state index is 0.0525. The molecule has 0 atom stereocenters. The van der Waals surface area contributed by atoms with Gasteiger partial charge in [0.1, 0.15) is 0 Å². The molecule has 0 unspecified atom stereocenters. The lowest BCUT2D eigenvalue weighted by atomic mass is 10.5. The van der Waals surface area contributed by atoms with Gasteiger partial charge >= 0.3 is 0 Å². The maximum absolute atomic E-state index is 10.8. The van der Waals surface area contributed by atoms with Gasteiger partial charge in [-0.25, -0.2) is 5.43 Å². The van der Waals surface area contributed by atoms with Crippen molar-refractivity contribution in [2.75, 3.05) is 18.6 Å². The van der Waals surface area contributed by atoms with Gasteiger partial charge in [0.2, 0.25) is 5.91 Å². The average Bonchev–Trinajstić information content (AvgIpc) is 1.99. The fourth-order valence-electron chi connectivity index (χ4n) is 0.479. The summed E-state index contributed by atoms with van der Waals surface area (Å²) >= 11 is 0. The smallest absolute Gasteiger partial charge is 0.234 e. The average molecular weight is 194 g/mol. The standard InChI is InChI=1S/C6H14N2OS2/c1-3-10-11-5-4-6(9)8-7-2/h7H,3-5H2,1-2H3,(H,8,9). The molecule has 0 radical (unpaired) electrons. The van der Waals surface area contributed by atoms with E-state index in [1.807, 2.05) is 0 Å². The Bertz CT molecular complexity index is 111. The van der Waals surface area contributed by atoms with E-state index in [4.69, 9.17) is 0 Å². The van der Waals surface area contributed by atoms with Crippen molar-refractivity contribution in [1.29, 1.82) is 0 Å². The van der Waals surface area contributed by atoms with Crippen LogP contribution in [0.4, 0.5) is 0 Å². The predicted octanol–water partition coefficient (Wildman–Crippen LogP) is 1.03. The molecular formula is C6H14N2OS2. The van der Waals surface area contributed by atoms with E-state index in [9.17, 15) is 4.79 Å². The predicted molar refractivity (Wildman–Crippen MR) is 52.4 cm³/mol. The first-order chi connectivity index (χ1) is 5.31. The molecule has 0 aliphatic carbocycles. The minimum Gasteiger partial charge on any atom is -0.292 e. The Hall–Kier alpha value is 0.130. The summed E-state index contributed by atoms with van der Waals surface area (Å²) in [6.07, 6.45) is 0.582. The highest BCUT2D eigenvalue weighted by molar-refractivity contribution is 8.76. The van der Waals surface area contributed by atoms with Crippen molar-refractivity contribution in [3.8, 4) is 0 Å². The molecule has 0 fully saturated rings. The Morgan fingerprint density at radius 2 is 2.18 bits per heavy atom. The molecular weight excluding hydrogens is 180 g/mol. The zero-order valence-electron chi connectivity index (χ0n) is 6.85. The van der Waals surface area contributed by atoms with Crippen LogP contribution >= 0.6 is 21.6 Å². The molecule has 0 aliphatic heterocycles. The minimum atomic E-state index is 0.0525. The van der Waals surface area contributed by atoms with Gasteiger partial charge in [-0.1, -0.05) is 28.5 Å². The number of hydrazine groups is 1. The van der Waals surface area contributed by atoms with Gasteiger partial charge in [-0.2, -0.15) is 0 Å². The highest BCUT2D eigenvalue weighted by atomic mass is 33.1. The second-order valence-electron chi connectivity index (χ2n) is 1.78. The van der Waals surface area contributed by atoms with Gasteiger partial charge in [0, 0.05) is 25.0 Å². The first-order valence-electron chi connectivity index (χ1n) is 3.51. The summed E-state index contributed by atoms with van der Waals surface area (Å²) in [4.78, 5) is 10.8. The van der Waals surface area contributed by atoms with E-state index in [0.717, 1.165) is 11.5 Å². The lowest BCUT2D eigenvalue weighted by molar-refractivity contribution is -0.121. The number of rotatable bonds is 6. The summed E-state index contributed by atoms with van der Waals surface area (Å²) in [5.74, 6) is 2.03. The van der Waals surface area contributed by atoms with Crippen LogP contribution in [0, 0.1) is 0 Å². The van der Waals surface area contributed by atoms with Gasteiger partial charge in [-0.3, -0.25) is 10.2 Å². The number of hydrogen-bond donors (Lipinski definition) is 2. The molecule has 11 heavy (non-hydrogen) atoms. The van der Waals surface area contributed by atoms with Crippen molar-refractivity contribution in [1.82, 2.24) is 10.9 Å². The number of carbonyl (C=O) groups is 1. The molecule has 1 amide bonds. The summed E-state index contributed by atoms with van der Waals surface area (Å²) < 4.78 is 0. The van der Waals surface area contributed by atoms with Crippen LogP contribution in [0.5, 0.6) is 0 Å². The summed E-state index contributed by atoms with van der Waals surface area (Å²) in [7, 11) is 5.21. The summed E-state index contributed by atoms with van der Waals surface area (Å²) in [5.41, 5.74) is 5.10. The van der Waals surface area contributed by atoms with E-state index >= 15 is 0 Å². The second-order valence-corrected chi connectivity index (χ2v) is 4.65. The molecule has 66 valence electrons. The molecule has 0 aliphatic rings. The van der Waals surface area contributed by atoms with Gasteiger partial charge < -0.3 is 0 Å². The Kier molecular flexibility index (Phi) is 8.33. The van der Waals surface area contributed by atoms with Crippen LogP contribution in [0.15, 0.2) is 0 Å². The first kappa shape index (κ1) is 11.1. The van der Waals surface area contributed by atoms with E-state index < -0.39 is 0 Å². The third-order valence-electron chi connectivity index (χ3n) is 0.878. The van der Waals surface area contributed by atoms with Crippen molar-refractivity contribution in [3.63, 3.8) is 0 Å². The quantitative estimate of drug-likeness (QED) is 0.376. The monoisotopic (exact) mass is 194 g/mol. The molecule has 0 saturated heterocycles. The number of carbonyl (C=O) groups excluding carboxylic acids is 1. The lowest BCUT2D eigenvalue weighted by Gasteiger charge is -2.00.